The van der Waals surface area contributed by atoms with Crippen molar-refractivity contribution in [2.24, 2.45) is 5.92 Å². The van der Waals surface area contributed by atoms with E-state index in [2.05, 4.69) is 15.6 Å². The summed E-state index contributed by atoms with van der Waals surface area (Å²) in [6.45, 7) is 2.84. The zero-order valence-electron chi connectivity index (χ0n) is 15.2. The molecule has 1 aliphatic carbocycles. The second-order valence-corrected chi connectivity index (χ2v) is 6.74. The number of aromatic nitrogens is 1. The van der Waals surface area contributed by atoms with Crippen molar-refractivity contribution in [1.29, 1.82) is 5.26 Å². The summed E-state index contributed by atoms with van der Waals surface area (Å²) in [6, 6.07) is 4.72. The number of amides is 2. The number of pyridine rings is 1. The van der Waals surface area contributed by atoms with Crippen molar-refractivity contribution >= 4 is 17.5 Å². The Morgan fingerprint density at radius 1 is 1.48 bits per heavy atom. The van der Waals surface area contributed by atoms with Gasteiger partial charge in [-0.1, -0.05) is 13.0 Å². The van der Waals surface area contributed by atoms with Crippen molar-refractivity contribution in [3.63, 3.8) is 0 Å². The standard InChI is InChI=1S/C19H22N4O4/c1-12-3-4-16(25)13(7-12)8-17(26)22-14-5-6-21-15(9-14)18(27)23-19(2,10-20)11-24/h3-6,9,12,24-25H,7-8,11H2,1-2H3,(H,23,27)(H,21,22,26)/t12?,19-/m1/s1. The fourth-order valence-electron chi connectivity index (χ4n) is 2.55. The zero-order valence-corrected chi connectivity index (χ0v) is 15.2. The summed E-state index contributed by atoms with van der Waals surface area (Å²) in [6.07, 6.45) is 5.48. The van der Waals surface area contributed by atoms with Gasteiger partial charge in [0.25, 0.3) is 5.91 Å². The molecule has 0 fully saturated rings. The lowest BCUT2D eigenvalue weighted by molar-refractivity contribution is -0.115. The number of carbonyl (C=O) groups is 2. The number of nitriles is 1. The maximum Gasteiger partial charge on any atom is 0.271 e. The molecule has 1 unspecified atom stereocenters. The highest BCUT2D eigenvalue weighted by atomic mass is 16.3. The minimum Gasteiger partial charge on any atom is -0.508 e. The van der Waals surface area contributed by atoms with Gasteiger partial charge in [0, 0.05) is 11.9 Å². The van der Waals surface area contributed by atoms with Crippen LogP contribution in [0, 0.1) is 17.2 Å². The first-order chi connectivity index (χ1) is 12.8. The number of nitrogens with zero attached hydrogens (tertiary/aromatic N) is 2. The average Bonchev–Trinajstić information content (AvgIpc) is 2.64. The molecule has 1 heterocycles. The molecular weight excluding hydrogens is 348 g/mol. The van der Waals surface area contributed by atoms with Crippen LogP contribution < -0.4 is 10.6 Å². The molecule has 0 radical (unpaired) electrons. The normalized spacial score (nSPS) is 18.4. The van der Waals surface area contributed by atoms with E-state index in [1.165, 1.54) is 25.3 Å². The average molecular weight is 370 g/mol. The van der Waals surface area contributed by atoms with Gasteiger partial charge in [0.2, 0.25) is 5.91 Å². The molecule has 1 aromatic rings. The van der Waals surface area contributed by atoms with Crippen LogP contribution in [0.25, 0.3) is 0 Å². The molecule has 8 heteroatoms. The summed E-state index contributed by atoms with van der Waals surface area (Å²) in [5.74, 6) is -0.608. The number of aliphatic hydroxyl groups excluding tert-OH is 2. The topological polar surface area (TPSA) is 135 Å². The van der Waals surface area contributed by atoms with Gasteiger partial charge in [-0.05, 0) is 43.0 Å². The number of hydrogen-bond donors (Lipinski definition) is 4. The Labute approximate surface area is 157 Å². The number of nitrogens with one attached hydrogen (secondary N) is 2. The van der Waals surface area contributed by atoms with Crippen molar-refractivity contribution in [2.45, 2.75) is 32.2 Å². The molecule has 142 valence electrons. The van der Waals surface area contributed by atoms with Crippen LogP contribution in [0.3, 0.4) is 0 Å². The Morgan fingerprint density at radius 3 is 2.89 bits per heavy atom. The highest BCUT2D eigenvalue weighted by Crippen LogP contribution is 2.25. The van der Waals surface area contributed by atoms with Crippen molar-refractivity contribution < 1.29 is 19.8 Å². The molecule has 27 heavy (non-hydrogen) atoms. The fraction of sp³-hybridized carbons (Fsp3) is 0.368. The van der Waals surface area contributed by atoms with E-state index < -0.39 is 18.1 Å². The summed E-state index contributed by atoms with van der Waals surface area (Å²) >= 11 is 0. The minimum absolute atomic E-state index is 0.000917. The molecule has 0 aliphatic heterocycles. The van der Waals surface area contributed by atoms with Crippen molar-refractivity contribution in [3.05, 3.63) is 47.5 Å². The predicted molar refractivity (Wildman–Crippen MR) is 98.6 cm³/mol. The number of hydrogen-bond acceptors (Lipinski definition) is 6. The third kappa shape index (κ3) is 5.39. The molecule has 1 aliphatic rings. The van der Waals surface area contributed by atoms with E-state index in [0.29, 0.717) is 17.7 Å². The van der Waals surface area contributed by atoms with Gasteiger partial charge in [0.1, 0.15) is 17.0 Å². The van der Waals surface area contributed by atoms with E-state index in [1.54, 1.807) is 6.08 Å². The molecule has 0 saturated heterocycles. The number of aliphatic hydroxyl groups is 2. The van der Waals surface area contributed by atoms with Crippen LogP contribution in [0.15, 0.2) is 41.8 Å². The fourth-order valence-corrected chi connectivity index (χ4v) is 2.55. The van der Waals surface area contributed by atoms with Crippen molar-refractivity contribution in [3.8, 4) is 6.07 Å². The van der Waals surface area contributed by atoms with E-state index in [0.717, 1.165) is 0 Å². The van der Waals surface area contributed by atoms with E-state index in [-0.39, 0.29) is 29.7 Å². The molecule has 8 nitrogen and oxygen atoms in total. The minimum atomic E-state index is -1.42. The van der Waals surface area contributed by atoms with Gasteiger partial charge in [-0.15, -0.1) is 0 Å². The molecule has 2 amide bonds. The quantitative estimate of drug-likeness (QED) is 0.603. The summed E-state index contributed by atoms with van der Waals surface area (Å²) in [5, 5.41) is 33.2. The molecular formula is C19H22N4O4. The second-order valence-electron chi connectivity index (χ2n) is 6.74. The van der Waals surface area contributed by atoms with Gasteiger partial charge < -0.3 is 20.8 Å². The SMILES string of the molecule is CC1C=CC(O)=C(CC(=O)Nc2ccnc(C(=O)N[C@](C)(C#N)CO)c2)C1. The van der Waals surface area contributed by atoms with Gasteiger partial charge >= 0.3 is 0 Å². The first-order valence-corrected chi connectivity index (χ1v) is 8.46. The zero-order chi connectivity index (χ0) is 20.0. The molecule has 0 bridgehead atoms. The summed E-state index contributed by atoms with van der Waals surface area (Å²) in [7, 11) is 0. The second kappa shape index (κ2) is 8.47. The van der Waals surface area contributed by atoms with Gasteiger partial charge in [-0.2, -0.15) is 5.26 Å². The number of rotatable bonds is 6. The number of allylic oxidation sites excluding steroid dienone is 2. The van der Waals surface area contributed by atoms with E-state index in [9.17, 15) is 19.8 Å². The van der Waals surface area contributed by atoms with Gasteiger partial charge in [-0.25, -0.2) is 0 Å². The highest BCUT2D eigenvalue weighted by molar-refractivity contribution is 5.96. The lowest BCUT2D eigenvalue weighted by Crippen LogP contribution is -2.47. The van der Waals surface area contributed by atoms with Gasteiger partial charge in [0.05, 0.1) is 19.1 Å². The Hall–Kier alpha value is -3.18. The largest absolute Gasteiger partial charge is 0.508 e. The van der Waals surface area contributed by atoms with Gasteiger partial charge in [-0.3, -0.25) is 14.6 Å². The summed E-state index contributed by atoms with van der Waals surface area (Å²) in [4.78, 5) is 28.4. The Balaban J connectivity index is 2.05. The lowest BCUT2D eigenvalue weighted by atomic mass is 9.92. The van der Waals surface area contributed by atoms with Crippen LogP contribution in [-0.4, -0.2) is 39.2 Å². The van der Waals surface area contributed by atoms with Crippen LogP contribution >= 0.6 is 0 Å². The molecule has 4 N–H and O–H groups in total. The lowest BCUT2D eigenvalue weighted by Gasteiger charge is -2.20. The Bertz CT molecular complexity index is 840. The van der Waals surface area contributed by atoms with Crippen LogP contribution in [-0.2, 0) is 4.79 Å². The van der Waals surface area contributed by atoms with Crippen LogP contribution in [0.2, 0.25) is 0 Å². The first kappa shape index (κ1) is 20.1. The van der Waals surface area contributed by atoms with Gasteiger partial charge in [0.15, 0.2) is 0 Å². The number of carbonyl (C=O) groups excluding carboxylic acids is 2. The van der Waals surface area contributed by atoms with Crippen molar-refractivity contribution in [1.82, 2.24) is 10.3 Å². The maximum absolute atomic E-state index is 12.3. The molecule has 1 aromatic heterocycles. The van der Waals surface area contributed by atoms with Crippen molar-refractivity contribution in [2.75, 3.05) is 11.9 Å². The van der Waals surface area contributed by atoms with Crippen LogP contribution in [0.1, 0.15) is 37.2 Å². The van der Waals surface area contributed by atoms with E-state index in [1.807, 2.05) is 19.1 Å². The molecule has 2 atom stereocenters. The molecule has 0 spiro atoms. The Kier molecular flexibility index (Phi) is 6.32. The smallest absolute Gasteiger partial charge is 0.271 e. The third-order valence-corrected chi connectivity index (χ3v) is 4.12. The highest BCUT2D eigenvalue weighted by Gasteiger charge is 2.26. The Morgan fingerprint density at radius 2 is 2.22 bits per heavy atom. The van der Waals surface area contributed by atoms with Crippen LogP contribution in [0.4, 0.5) is 5.69 Å². The first-order valence-electron chi connectivity index (χ1n) is 8.46. The predicted octanol–water partition coefficient (Wildman–Crippen LogP) is 1.82. The molecule has 0 saturated carbocycles. The van der Waals surface area contributed by atoms with E-state index >= 15 is 0 Å². The maximum atomic E-state index is 12.3. The van der Waals surface area contributed by atoms with Crippen LogP contribution in [0.5, 0.6) is 0 Å². The third-order valence-electron chi connectivity index (χ3n) is 4.12. The molecule has 0 aromatic carbocycles. The molecule has 2 rings (SSSR count). The monoisotopic (exact) mass is 370 g/mol. The number of anilines is 1. The summed E-state index contributed by atoms with van der Waals surface area (Å²) < 4.78 is 0. The van der Waals surface area contributed by atoms with E-state index in [4.69, 9.17) is 5.26 Å². The summed E-state index contributed by atoms with van der Waals surface area (Å²) in [5.41, 5.74) is -0.406.